The first-order valence-electron chi connectivity index (χ1n) is 6.28. The molecule has 0 aliphatic rings. The van der Waals surface area contributed by atoms with Crippen molar-refractivity contribution in [1.29, 1.82) is 0 Å². The lowest BCUT2D eigenvalue weighted by Gasteiger charge is -2.16. The van der Waals surface area contributed by atoms with E-state index in [4.69, 9.17) is 16.1 Å². The molecule has 0 saturated carbocycles. The molecule has 0 bridgehead atoms. The molecular formula is C15H16ClO3P. The van der Waals surface area contributed by atoms with Crippen LogP contribution in [0.25, 0.3) is 11.1 Å². The van der Waals surface area contributed by atoms with Crippen molar-refractivity contribution in [3.63, 3.8) is 0 Å². The largest absolute Gasteiger partial charge is 0.359 e. The predicted molar refractivity (Wildman–Crippen MR) is 82.7 cm³/mol. The summed E-state index contributed by atoms with van der Waals surface area (Å²) in [7, 11) is -3.83. The third-order valence-electron chi connectivity index (χ3n) is 2.90. The van der Waals surface area contributed by atoms with Gasteiger partial charge < -0.3 is 9.42 Å². The van der Waals surface area contributed by atoms with Gasteiger partial charge in [0.2, 0.25) is 0 Å². The third-order valence-corrected chi connectivity index (χ3v) is 4.74. The second-order valence-corrected chi connectivity index (χ2v) is 6.69. The van der Waals surface area contributed by atoms with Crippen LogP contribution in [-0.2, 0) is 9.09 Å². The van der Waals surface area contributed by atoms with Gasteiger partial charge in [0.05, 0.1) is 11.9 Å². The van der Waals surface area contributed by atoms with Gasteiger partial charge in [0.1, 0.15) is 0 Å². The molecule has 0 fully saturated rings. The number of halogens is 1. The fourth-order valence-corrected chi connectivity index (χ4v) is 3.47. The summed E-state index contributed by atoms with van der Waals surface area (Å²) in [5.41, 5.74) is 2.47. The molecular weight excluding hydrogens is 295 g/mol. The average Bonchev–Trinajstić information content (AvgIpc) is 2.38. The molecule has 1 N–H and O–H groups in total. The number of benzene rings is 2. The summed E-state index contributed by atoms with van der Waals surface area (Å²) in [4.78, 5) is 10.1. The maximum absolute atomic E-state index is 12.3. The Kier molecular flexibility index (Phi) is 4.66. The van der Waals surface area contributed by atoms with Gasteiger partial charge in [-0.05, 0) is 43.2 Å². The molecule has 0 aromatic heterocycles. The zero-order valence-electron chi connectivity index (χ0n) is 11.3. The predicted octanol–water partition coefficient (Wildman–Crippen LogP) is 4.16. The first-order valence-corrected chi connectivity index (χ1v) is 8.24. The molecule has 0 saturated heterocycles. The first kappa shape index (κ1) is 15.3. The Hall–Kier alpha value is -1.12. The van der Waals surface area contributed by atoms with Crippen molar-refractivity contribution in [1.82, 2.24) is 0 Å². The highest BCUT2D eigenvalue weighted by Crippen LogP contribution is 2.44. The minimum Gasteiger partial charge on any atom is -0.321 e. The smallest absolute Gasteiger partial charge is 0.321 e. The molecule has 106 valence electrons. The van der Waals surface area contributed by atoms with E-state index in [0.717, 1.165) is 11.1 Å². The highest BCUT2D eigenvalue weighted by Gasteiger charge is 2.26. The molecule has 1 atom stereocenters. The van der Waals surface area contributed by atoms with Crippen LogP contribution in [0.3, 0.4) is 0 Å². The normalized spacial score (nSPS) is 14.0. The minimum absolute atomic E-state index is 0.177. The van der Waals surface area contributed by atoms with Gasteiger partial charge in [0, 0.05) is 5.02 Å². The van der Waals surface area contributed by atoms with Crippen LogP contribution in [0.15, 0.2) is 42.5 Å². The highest BCUT2D eigenvalue weighted by molar-refractivity contribution is 7.61. The van der Waals surface area contributed by atoms with Gasteiger partial charge in [0.25, 0.3) is 0 Å². The van der Waals surface area contributed by atoms with E-state index < -0.39 is 7.60 Å². The Balaban J connectivity index is 2.63. The number of hydrogen-bond acceptors (Lipinski definition) is 2. The van der Waals surface area contributed by atoms with Crippen molar-refractivity contribution < 1.29 is 14.0 Å². The molecule has 5 heteroatoms. The maximum Gasteiger partial charge on any atom is 0.359 e. The lowest BCUT2D eigenvalue weighted by Crippen LogP contribution is -2.11. The Bertz CT molecular complexity index is 670. The molecule has 3 nitrogen and oxygen atoms in total. The molecule has 0 amide bonds. The Morgan fingerprint density at radius 3 is 2.65 bits per heavy atom. The number of rotatable bonds is 4. The van der Waals surface area contributed by atoms with Crippen LogP contribution in [-0.4, -0.2) is 11.5 Å². The summed E-state index contributed by atoms with van der Waals surface area (Å²) in [6, 6.07) is 12.5. The number of hydrogen-bond donors (Lipinski definition) is 1. The fraction of sp³-hybridized carbons (Fsp3) is 0.200. The van der Waals surface area contributed by atoms with Crippen LogP contribution >= 0.6 is 19.2 Å². The van der Waals surface area contributed by atoms with Gasteiger partial charge in [-0.3, -0.25) is 4.57 Å². The van der Waals surface area contributed by atoms with Crippen LogP contribution in [0, 0.1) is 6.92 Å². The topological polar surface area (TPSA) is 46.5 Å². The quantitative estimate of drug-likeness (QED) is 0.862. The van der Waals surface area contributed by atoms with E-state index in [1.165, 1.54) is 0 Å². The van der Waals surface area contributed by atoms with Crippen LogP contribution in [0.4, 0.5) is 0 Å². The van der Waals surface area contributed by atoms with Gasteiger partial charge in [0.15, 0.2) is 0 Å². The molecule has 0 aliphatic heterocycles. The van der Waals surface area contributed by atoms with Crippen molar-refractivity contribution in [2.75, 3.05) is 6.61 Å². The second kappa shape index (κ2) is 6.11. The zero-order valence-corrected chi connectivity index (χ0v) is 13.0. The van der Waals surface area contributed by atoms with E-state index in [-0.39, 0.29) is 6.61 Å². The Morgan fingerprint density at radius 2 is 2.00 bits per heavy atom. The molecule has 0 spiro atoms. The zero-order chi connectivity index (χ0) is 14.8. The van der Waals surface area contributed by atoms with Gasteiger partial charge in [-0.25, -0.2) is 0 Å². The van der Waals surface area contributed by atoms with Gasteiger partial charge in [-0.15, -0.1) is 0 Å². The minimum atomic E-state index is -3.83. The van der Waals surface area contributed by atoms with Crippen LogP contribution in [0.5, 0.6) is 0 Å². The highest BCUT2D eigenvalue weighted by atomic mass is 35.5. The Labute approximate surface area is 123 Å². The summed E-state index contributed by atoms with van der Waals surface area (Å²) in [6.07, 6.45) is 0. The summed E-state index contributed by atoms with van der Waals surface area (Å²) in [5.74, 6) is 0. The molecule has 0 heterocycles. The van der Waals surface area contributed by atoms with Crippen molar-refractivity contribution in [3.05, 3.63) is 53.1 Å². The summed E-state index contributed by atoms with van der Waals surface area (Å²) in [5, 5.41) is 0.881. The van der Waals surface area contributed by atoms with E-state index in [1.807, 2.05) is 25.1 Å². The molecule has 20 heavy (non-hydrogen) atoms. The Morgan fingerprint density at radius 1 is 1.25 bits per heavy atom. The van der Waals surface area contributed by atoms with E-state index in [0.29, 0.717) is 15.9 Å². The van der Waals surface area contributed by atoms with Crippen molar-refractivity contribution >= 4 is 24.5 Å². The third kappa shape index (κ3) is 3.31. The van der Waals surface area contributed by atoms with Crippen LogP contribution in [0.2, 0.25) is 5.02 Å². The van der Waals surface area contributed by atoms with E-state index in [2.05, 4.69) is 0 Å². The molecule has 0 aliphatic carbocycles. The first-order chi connectivity index (χ1) is 9.44. The fourth-order valence-electron chi connectivity index (χ4n) is 2.03. The lowest BCUT2D eigenvalue weighted by molar-refractivity contribution is 0.284. The van der Waals surface area contributed by atoms with Crippen LogP contribution < -0.4 is 5.30 Å². The van der Waals surface area contributed by atoms with Crippen LogP contribution in [0.1, 0.15) is 12.5 Å². The van der Waals surface area contributed by atoms with Gasteiger partial charge >= 0.3 is 7.60 Å². The van der Waals surface area contributed by atoms with Gasteiger partial charge in [-0.1, -0.05) is 41.4 Å². The lowest BCUT2D eigenvalue weighted by atomic mass is 10.0. The molecule has 2 aromatic carbocycles. The molecule has 1 unspecified atom stereocenters. The molecule has 2 rings (SSSR count). The van der Waals surface area contributed by atoms with E-state index >= 15 is 0 Å². The maximum atomic E-state index is 12.3. The SMILES string of the molecule is CCOP(=O)(O)c1ccc(C)cc1-c1cccc(Cl)c1. The molecule has 0 radical (unpaired) electrons. The molecule has 2 aromatic rings. The monoisotopic (exact) mass is 310 g/mol. The van der Waals surface area contributed by atoms with Crippen molar-refractivity contribution in [2.24, 2.45) is 0 Å². The summed E-state index contributed by atoms with van der Waals surface area (Å²) in [6.45, 7) is 3.80. The van der Waals surface area contributed by atoms with Crippen molar-refractivity contribution in [3.8, 4) is 11.1 Å². The summed E-state index contributed by atoms with van der Waals surface area (Å²) < 4.78 is 17.3. The number of aryl methyl sites for hydroxylation is 1. The summed E-state index contributed by atoms with van der Waals surface area (Å²) >= 11 is 6.00. The average molecular weight is 311 g/mol. The van der Waals surface area contributed by atoms with Gasteiger partial charge in [-0.2, -0.15) is 0 Å². The second-order valence-electron chi connectivity index (χ2n) is 4.47. The van der Waals surface area contributed by atoms with E-state index in [9.17, 15) is 9.46 Å². The standard InChI is InChI=1S/C15H16ClO3P/c1-3-19-20(17,18)15-8-7-11(2)9-14(15)12-5-4-6-13(16)10-12/h4-10H,3H2,1-2H3,(H,17,18). The van der Waals surface area contributed by atoms with Crippen molar-refractivity contribution in [2.45, 2.75) is 13.8 Å². The van der Waals surface area contributed by atoms with E-state index in [1.54, 1.807) is 31.2 Å².